The molecule has 0 N–H and O–H groups in total. The molecule has 0 radical (unpaired) electrons. The molecule has 3 heterocycles. The van der Waals surface area contributed by atoms with Crippen LogP contribution in [0.25, 0.3) is 0 Å². The molecule has 3 rings (SSSR count). The molecule has 0 saturated carbocycles. The summed E-state index contributed by atoms with van der Waals surface area (Å²) in [5.74, 6) is 1.19. The molecule has 4 heteroatoms. The number of rotatable bonds is 2. The first-order valence-electron chi connectivity index (χ1n) is 6.25. The van der Waals surface area contributed by atoms with Crippen LogP contribution in [0.3, 0.4) is 0 Å². The lowest BCUT2D eigenvalue weighted by Gasteiger charge is -2.37. The van der Waals surface area contributed by atoms with Crippen LogP contribution in [0, 0.1) is 0 Å². The van der Waals surface area contributed by atoms with Crippen LogP contribution in [-0.4, -0.2) is 51.6 Å². The summed E-state index contributed by atoms with van der Waals surface area (Å²) >= 11 is 0. The Labute approximate surface area is 96.9 Å². The van der Waals surface area contributed by atoms with Crippen molar-refractivity contribution < 1.29 is 0 Å². The molecule has 2 fully saturated rings. The molecular weight excluding hydrogens is 200 g/mol. The van der Waals surface area contributed by atoms with Crippen LogP contribution >= 0.6 is 0 Å². The van der Waals surface area contributed by atoms with Crippen LogP contribution in [0.5, 0.6) is 0 Å². The number of aryl methyl sites for hydroxylation is 1. The van der Waals surface area contributed by atoms with Gasteiger partial charge in [0.2, 0.25) is 0 Å². The van der Waals surface area contributed by atoms with Crippen LogP contribution in [0.4, 0.5) is 0 Å². The number of nitrogens with zero attached hydrogens (tertiary/aromatic N) is 4. The van der Waals surface area contributed by atoms with Gasteiger partial charge < -0.3 is 4.57 Å². The highest BCUT2D eigenvalue weighted by molar-refractivity contribution is 4.94. The fourth-order valence-corrected chi connectivity index (χ4v) is 2.95. The lowest BCUT2D eigenvalue weighted by molar-refractivity contribution is 0.0968. The van der Waals surface area contributed by atoms with Crippen molar-refractivity contribution in [2.24, 2.45) is 7.05 Å². The highest BCUT2D eigenvalue weighted by Crippen LogP contribution is 2.22. The number of imidazole rings is 1. The van der Waals surface area contributed by atoms with Gasteiger partial charge in [-0.25, -0.2) is 4.98 Å². The number of hydrogen-bond acceptors (Lipinski definition) is 3. The van der Waals surface area contributed by atoms with Gasteiger partial charge in [0.15, 0.2) is 0 Å². The third kappa shape index (κ3) is 1.87. The molecule has 1 atom stereocenters. The Bertz CT molecular complexity index is 360. The van der Waals surface area contributed by atoms with E-state index in [2.05, 4.69) is 26.4 Å². The number of aromatic nitrogens is 2. The molecule has 1 unspecified atom stereocenters. The summed E-state index contributed by atoms with van der Waals surface area (Å²) in [6, 6.07) is 0.814. The number of hydrogen-bond donors (Lipinski definition) is 0. The molecule has 1 aromatic rings. The molecular formula is C12H20N4. The smallest absolute Gasteiger partial charge is 0.122 e. The molecule has 0 bridgehead atoms. The highest BCUT2D eigenvalue weighted by atomic mass is 15.3. The van der Waals surface area contributed by atoms with Crippen molar-refractivity contribution in [3.63, 3.8) is 0 Å². The lowest BCUT2D eigenvalue weighted by Crippen LogP contribution is -2.49. The average molecular weight is 220 g/mol. The second-order valence-corrected chi connectivity index (χ2v) is 5.02. The van der Waals surface area contributed by atoms with E-state index < -0.39 is 0 Å². The van der Waals surface area contributed by atoms with E-state index in [0.29, 0.717) is 0 Å². The fourth-order valence-electron chi connectivity index (χ4n) is 2.95. The molecule has 2 saturated heterocycles. The average Bonchev–Trinajstić information content (AvgIpc) is 2.88. The van der Waals surface area contributed by atoms with Gasteiger partial charge >= 0.3 is 0 Å². The van der Waals surface area contributed by atoms with E-state index in [0.717, 1.165) is 12.6 Å². The summed E-state index contributed by atoms with van der Waals surface area (Å²) in [7, 11) is 2.08. The van der Waals surface area contributed by atoms with Gasteiger partial charge in [0, 0.05) is 45.1 Å². The molecule has 0 aromatic carbocycles. The largest absolute Gasteiger partial charge is 0.337 e. The quantitative estimate of drug-likeness (QED) is 0.733. The Kier molecular flexibility index (Phi) is 2.69. The predicted molar refractivity (Wildman–Crippen MR) is 63.1 cm³/mol. The van der Waals surface area contributed by atoms with Crippen molar-refractivity contribution in [1.82, 2.24) is 19.4 Å². The SMILES string of the molecule is Cn1ccnc1CN1CCN2CCCC2C1. The van der Waals surface area contributed by atoms with Crippen molar-refractivity contribution in [1.29, 1.82) is 0 Å². The Balaban J connectivity index is 1.62. The zero-order valence-corrected chi connectivity index (χ0v) is 9.97. The minimum Gasteiger partial charge on any atom is -0.337 e. The molecule has 2 aliphatic heterocycles. The van der Waals surface area contributed by atoms with Crippen molar-refractivity contribution >= 4 is 0 Å². The maximum atomic E-state index is 4.40. The maximum Gasteiger partial charge on any atom is 0.122 e. The van der Waals surface area contributed by atoms with Gasteiger partial charge in [-0.15, -0.1) is 0 Å². The summed E-state index contributed by atoms with van der Waals surface area (Å²) in [5.41, 5.74) is 0. The Hall–Kier alpha value is -0.870. The molecule has 1 aromatic heterocycles. The van der Waals surface area contributed by atoms with Gasteiger partial charge in [0.25, 0.3) is 0 Å². The van der Waals surface area contributed by atoms with Gasteiger partial charge in [0.1, 0.15) is 5.82 Å². The Morgan fingerprint density at radius 2 is 2.31 bits per heavy atom. The first-order chi connectivity index (χ1) is 7.83. The first-order valence-corrected chi connectivity index (χ1v) is 6.25. The minimum absolute atomic E-state index is 0.814. The maximum absolute atomic E-state index is 4.40. The Morgan fingerprint density at radius 3 is 3.12 bits per heavy atom. The van der Waals surface area contributed by atoms with E-state index in [1.807, 2.05) is 12.4 Å². The van der Waals surface area contributed by atoms with E-state index in [1.165, 1.54) is 44.8 Å². The summed E-state index contributed by atoms with van der Waals surface area (Å²) in [5, 5.41) is 0. The van der Waals surface area contributed by atoms with Crippen molar-refractivity contribution in [3.8, 4) is 0 Å². The summed E-state index contributed by atoms with van der Waals surface area (Å²) < 4.78 is 2.13. The van der Waals surface area contributed by atoms with Crippen LogP contribution < -0.4 is 0 Å². The van der Waals surface area contributed by atoms with E-state index in [9.17, 15) is 0 Å². The molecule has 4 nitrogen and oxygen atoms in total. The molecule has 16 heavy (non-hydrogen) atoms. The van der Waals surface area contributed by atoms with Gasteiger partial charge in [0.05, 0.1) is 6.54 Å². The van der Waals surface area contributed by atoms with Gasteiger partial charge in [-0.05, 0) is 19.4 Å². The summed E-state index contributed by atoms with van der Waals surface area (Å²) in [6.45, 7) is 6.00. The van der Waals surface area contributed by atoms with Crippen LogP contribution in [0.2, 0.25) is 0 Å². The molecule has 0 amide bonds. The second kappa shape index (κ2) is 4.18. The van der Waals surface area contributed by atoms with Crippen LogP contribution in [-0.2, 0) is 13.6 Å². The van der Waals surface area contributed by atoms with Crippen LogP contribution in [0.1, 0.15) is 18.7 Å². The van der Waals surface area contributed by atoms with E-state index in [4.69, 9.17) is 0 Å². The lowest BCUT2D eigenvalue weighted by atomic mass is 10.1. The fraction of sp³-hybridized carbons (Fsp3) is 0.750. The monoisotopic (exact) mass is 220 g/mol. The Morgan fingerprint density at radius 1 is 1.38 bits per heavy atom. The first kappa shape index (κ1) is 10.3. The zero-order chi connectivity index (χ0) is 11.0. The molecule has 0 aliphatic carbocycles. The van der Waals surface area contributed by atoms with Gasteiger partial charge in [-0.1, -0.05) is 0 Å². The number of piperazine rings is 1. The molecule has 2 aliphatic rings. The molecule has 88 valence electrons. The summed E-state index contributed by atoms with van der Waals surface area (Å²) in [6.07, 6.45) is 6.69. The van der Waals surface area contributed by atoms with Crippen LogP contribution in [0.15, 0.2) is 12.4 Å². The third-order valence-electron chi connectivity index (χ3n) is 3.96. The predicted octanol–water partition coefficient (Wildman–Crippen LogP) is 0.700. The topological polar surface area (TPSA) is 24.3 Å². The standard InChI is InChI=1S/C12H20N4/c1-14-6-4-13-12(14)10-15-7-8-16-5-2-3-11(16)9-15/h4,6,11H,2-3,5,7-10H2,1H3. The summed E-state index contributed by atoms with van der Waals surface area (Å²) in [4.78, 5) is 9.60. The van der Waals surface area contributed by atoms with E-state index in [1.54, 1.807) is 0 Å². The third-order valence-corrected chi connectivity index (χ3v) is 3.96. The normalized spacial score (nSPS) is 27.2. The van der Waals surface area contributed by atoms with Gasteiger partial charge in [-0.3, -0.25) is 9.80 Å². The highest BCUT2D eigenvalue weighted by Gasteiger charge is 2.30. The molecule has 0 spiro atoms. The van der Waals surface area contributed by atoms with Gasteiger partial charge in [-0.2, -0.15) is 0 Å². The van der Waals surface area contributed by atoms with Crippen molar-refractivity contribution in [2.45, 2.75) is 25.4 Å². The van der Waals surface area contributed by atoms with Crippen molar-refractivity contribution in [2.75, 3.05) is 26.2 Å². The minimum atomic E-state index is 0.814. The van der Waals surface area contributed by atoms with Crippen molar-refractivity contribution in [3.05, 3.63) is 18.2 Å². The van der Waals surface area contributed by atoms with E-state index >= 15 is 0 Å². The van der Waals surface area contributed by atoms with E-state index in [-0.39, 0.29) is 0 Å². The second-order valence-electron chi connectivity index (χ2n) is 5.02. The number of fused-ring (bicyclic) bond motifs is 1. The zero-order valence-electron chi connectivity index (χ0n) is 9.97.